The van der Waals surface area contributed by atoms with Crippen molar-refractivity contribution in [3.05, 3.63) is 9.47 Å². The Morgan fingerprint density at radius 3 is 2.69 bits per heavy atom. The highest BCUT2D eigenvalue weighted by atomic mass is 35.5. The van der Waals surface area contributed by atoms with Crippen LogP contribution in [0.5, 0.6) is 0 Å². The third kappa shape index (κ3) is 2.71. The molecule has 88 valence electrons. The van der Waals surface area contributed by atoms with Gasteiger partial charge in [0.2, 0.25) is 9.47 Å². The first-order valence-corrected chi connectivity index (χ1v) is 6.57. The molecule has 1 saturated carbocycles. The number of amides is 1. The molecule has 0 unspecified atom stereocenters. The zero-order valence-electron chi connectivity index (χ0n) is 9.31. The minimum absolute atomic E-state index is 0.0497. The number of carbonyl (C=O) groups excluding carboxylic acids is 1. The maximum atomic E-state index is 12.1. The van der Waals surface area contributed by atoms with Crippen LogP contribution in [0, 0.1) is 5.92 Å². The highest BCUT2D eigenvalue weighted by Crippen LogP contribution is 2.31. The molecule has 1 aliphatic carbocycles. The molecule has 0 aromatic carbocycles. The van der Waals surface area contributed by atoms with Crippen molar-refractivity contribution in [1.29, 1.82) is 0 Å². The molecule has 0 saturated heterocycles. The van der Waals surface area contributed by atoms with E-state index < -0.39 is 0 Å². The van der Waals surface area contributed by atoms with Crippen molar-refractivity contribution in [2.45, 2.75) is 32.7 Å². The first kappa shape index (κ1) is 11.8. The van der Waals surface area contributed by atoms with Gasteiger partial charge in [0, 0.05) is 12.6 Å². The second kappa shape index (κ2) is 4.67. The molecular formula is C10H14ClN3OS. The van der Waals surface area contributed by atoms with E-state index in [0.717, 1.165) is 17.9 Å². The van der Waals surface area contributed by atoms with Crippen LogP contribution in [0.1, 0.15) is 36.5 Å². The summed E-state index contributed by atoms with van der Waals surface area (Å²) in [5.41, 5.74) is 0. The van der Waals surface area contributed by atoms with Crippen molar-refractivity contribution in [2.75, 3.05) is 6.54 Å². The van der Waals surface area contributed by atoms with E-state index in [2.05, 4.69) is 10.2 Å². The number of hydrogen-bond acceptors (Lipinski definition) is 4. The van der Waals surface area contributed by atoms with E-state index in [4.69, 9.17) is 11.6 Å². The Balaban J connectivity index is 2.09. The molecular weight excluding hydrogens is 246 g/mol. The van der Waals surface area contributed by atoms with Crippen LogP contribution >= 0.6 is 22.9 Å². The lowest BCUT2D eigenvalue weighted by Gasteiger charge is -2.25. The zero-order chi connectivity index (χ0) is 11.7. The average molecular weight is 260 g/mol. The summed E-state index contributed by atoms with van der Waals surface area (Å²) in [5, 5.41) is 7.84. The van der Waals surface area contributed by atoms with Gasteiger partial charge >= 0.3 is 0 Å². The van der Waals surface area contributed by atoms with Crippen LogP contribution in [0.15, 0.2) is 0 Å². The lowest BCUT2D eigenvalue weighted by molar-refractivity contribution is 0.0695. The second-order valence-corrected chi connectivity index (χ2v) is 5.91. The standard InChI is InChI=1S/C10H14ClN3OS/c1-6(2)14(5-7-3-4-7)9(15)8-12-13-10(11)16-8/h6-7H,3-5H2,1-2H3. The maximum absolute atomic E-state index is 12.1. The van der Waals surface area contributed by atoms with Gasteiger partial charge in [-0.15, -0.1) is 10.2 Å². The van der Waals surface area contributed by atoms with Crippen LogP contribution in [-0.4, -0.2) is 33.6 Å². The van der Waals surface area contributed by atoms with Gasteiger partial charge in [0.05, 0.1) is 0 Å². The Bertz CT molecular complexity index is 389. The van der Waals surface area contributed by atoms with Crippen molar-refractivity contribution < 1.29 is 4.79 Å². The molecule has 1 aromatic heterocycles. The fourth-order valence-corrected chi connectivity index (χ4v) is 2.31. The average Bonchev–Trinajstić information content (AvgIpc) is 2.95. The molecule has 1 aliphatic rings. The summed E-state index contributed by atoms with van der Waals surface area (Å²) in [6, 6.07) is 0.191. The zero-order valence-corrected chi connectivity index (χ0v) is 10.9. The summed E-state index contributed by atoms with van der Waals surface area (Å²) in [4.78, 5) is 14.0. The minimum Gasteiger partial charge on any atom is -0.334 e. The molecule has 16 heavy (non-hydrogen) atoms. The monoisotopic (exact) mass is 259 g/mol. The summed E-state index contributed by atoms with van der Waals surface area (Å²) in [6.45, 7) is 4.86. The third-order valence-corrected chi connectivity index (χ3v) is 3.63. The van der Waals surface area contributed by atoms with Crippen molar-refractivity contribution in [3.8, 4) is 0 Å². The molecule has 0 N–H and O–H groups in total. The van der Waals surface area contributed by atoms with Crippen LogP contribution < -0.4 is 0 Å². The predicted molar refractivity (Wildman–Crippen MR) is 63.8 cm³/mol. The van der Waals surface area contributed by atoms with Gasteiger partial charge in [0.25, 0.3) is 5.91 Å². The Morgan fingerprint density at radius 2 is 2.25 bits per heavy atom. The highest BCUT2D eigenvalue weighted by molar-refractivity contribution is 7.17. The summed E-state index contributed by atoms with van der Waals surface area (Å²) in [7, 11) is 0. The predicted octanol–water partition coefficient (Wildman–Crippen LogP) is 2.45. The molecule has 0 spiro atoms. The van der Waals surface area contributed by atoms with Crippen LogP contribution in [0.25, 0.3) is 0 Å². The molecule has 6 heteroatoms. The van der Waals surface area contributed by atoms with E-state index >= 15 is 0 Å². The van der Waals surface area contributed by atoms with Crippen LogP contribution in [0.2, 0.25) is 4.47 Å². The van der Waals surface area contributed by atoms with E-state index in [1.165, 1.54) is 12.8 Å². The summed E-state index contributed by atoms with van der Waals surface area (Å²) >= 11 is 6.82. The first-order chi connectivity index (χ1) is 7.58. The lowest BCUT2D eigenvalue weighted by Crippen LogP contribution is -2.38. The first-order valence-electron chi connectivity index (χ1n) is 5.38. The molecule has 1 fully saturated rings. The Kier molecular flexibility index (Phi) is 3.44. The molecule has 0 atom stereocenters. The van der Waals surface area contributed by atoms with Gasteiger partial charge in [-0.2, -0.15) is 0 Å². The third-order valence-electron chi connectivity index (χ3n) is 2.62. The maximum Gasteiger partial charge on any atom is 0.285 e. The van der Waals surface area contributed by atoms with Crippen molar-refractivity contribution >= 4 is 28.8 Å². The van der Waals surface area contributed by atoms with E-state index in [-0.39, 0.29) is 11.9 Å². The minimum atomic E-state index is -0.0497. The van der Waals surface area contributed by atoms with Gasteiger partial charge in [-0.3, -0.25) is 4.79 Å². The normalized spacial score (nSPS) is 15.5. The topological polar surface area (TPSA) is 46.1 Å². The number of hydrogen-bond donors (Lipinski definition) is 0. The van der Waals surface area contributed by atoms with Gasteiger partial charge in [0.15, 0.2) is 0 Å². The molecule has 1 amide bonds. The van der Waals surface area contributed by atoms with Crippen molar-refractivity contribution in [1.82, 2.24) is 15.1 Å². The van der Waals surface area contributed by atoms with Crippen molar-refractivity contribution in [3.63, 3.8) is 0 Å². The molecule has 0 radical (unpaired) electrons. The van der Waals surface area contributed by atoms with Crippen LogP contribution in [0.4, 0.5) is 0 Å². The van der Waals surface area contributed by atoms with Crippen LogP contribution in [0.3, 0.4) is 0 Å². The van der Waals surface area contributed by atoms with Gasteiger partial charge in [-0.25, -0.2) is 0 Å². The van der Waals surface area contributed by atoms with E-state index in [9.17, 15) is 4.79 Å². The van der Waals surface area contributed by atoms with Crippen molar-refractivity contribution in [2.24, 2.45) is 5.92 Å². The van der Waals surface area contributed by atoms with Gasteiger partial charge in [0.1, 0.15) is 0 Å². The molecule has 0 aliphatic heterocycles. The summed E-state index contributed by atoms with van der Waals surface area (Å²) in [5.74, 6) is 0.626. The Morgan fingerprint density at radius 1 is 1.56 bits per heavy atom. The van der Waals surface area contributed by atoms with Crippen LogP contribution in [-0.2, 0) is 0 Å². The number of halogens is 1. The number of rotatable bonds is 4. The highest BCUT2D eigenvalue weighted by Gasteiger charge is 2.30. The number of carbonyl (C=O) groups is 1. The molecule has 2 rings (SSSR count). The molecule has 1 heterocycles. The quantitative estimate of drug-likeness (QED) is 0.834. The number of nitrogens with zero attached hydrogens (tertiary/aromatic N) is 3. The van der Waals surface area contributed by atoms with E-state index in [1.54, 1.807) is 0 Å². The molecule has 1 aromatic rings. The summed E-state index contributed by atoms with van der Waals surface area (Å²) in [6.07, 6.45) is 2.46. The van der Waals surface area contributed by atoms with E-state index in [0.29, 0.717) is 15.4 Å². The second-order valence-electron chi connectivity index (χ2n) is 4.35. The largest absolute Gasteiger partial charge is 0.334 e. The number of aromatic nitrogens is 2. The lowest BCUT2D eigenvalue weighted by atomic mass is 10.2. The van der Waals surface area contributed by atoms with E-state index in [1.807, 2.05) is 18.7 Å². The molecule has 4 nitrogen and oxygen atoms in total. The Hall–Kier alpha value is -0.680. The SMILES string of the molecule is CC(C)N(CC1CC1)C(=O)c1nnc(Cl)s1. The Labute approximate surface area is 104 Å². The fourth-order valence-electron chi connectivity index (χ4n) is 1.52. The van der Waals surface area contributed by atoms with Gasteiger partial charge in [-0.1, -0.05) is 11.3 Å². The molecule has 0 bridgehead atoms. The van der Waals surface area contributed by atoms with Gasteiger partial charge < -0.3 is 4.90 Å². The smallest absolute Gasteiger partial charge is 0.285 e. The summed E-state index contributed by atoms with van der Waals surface area (Å²) < 4.78 is 0.318. The fraction of sp³-hybridized carbons (Fsp3) is 0.700. The van der Waals surface area contributed by atoms with Gasteiger partial charge in [-0.05, 0) is 44.2 Å².